The van der Waals surface area contributed by atoms with Crippen molar-refractivity contribution in [2.75, 3.05) is 6.54 Å². The lowest BCUT2D eigenvalue weighted by Crippen LogP contribution is -2.30. The maximum atomic E-state index is 12.3. The van der Waals surface area contributed by atoms with Crippen LogP contribution >= 0.6 is 0 Å². The van der Waals surface area contributed by atoms with Gasteiger partial charge in [0.05, 0.1) is 0 Å². The molecule has 0 spiro atoms. The van der Waals surface area contributed by atoms with Gasteiger partial charge in [-0.1, -0.05) is 19.1 Å². The Bertz CT molecular complexity index is 671. The standard InChI is InChI=1S/C20H28N2O2/c1-6-22(14(2)3)13-17-7-9-18(10-8-17)20(23)21-12-19-11-15(4)24-16(19)5/h7-11,14H,6,12-13H2,1-5H3,(H,21,23). The third-order valence-corrected chi connectivity index (χ3v) is 4.32. The smallest absolute Gasteiger partial charge is 0.251 e. The van der Waals surface area contributed by atoms with Gasteiger partial charge in [-0.15, -0.1) is 0 Å². The van der Waals surface area contributed by atoms with Gasteiger partial charge in [-0.25, -0.2) is 0 Å². The van der Waals surface area contributed by atoms with Gasteiger partial charge in [-0.3, -0.25) is 9.69 Å². The first-order valence-electron chi connectivity index (χ1n) is 8.57. The highest BCUT2D eigenvalue weighted by molar-refractivity contribution is 5.94. The molecule has 0 fully saturated rings. The van der Waals surface area contributed by atoms with Crippen molar-refractivity contribution in [1.82, 2.24) is 10.2 Å². The van der Waals surface area contributed by atoms with Gasteiger partial charge < -0.3 is 9.73 Å². The molecule has 2 rings (SSSR count). The minimum absolute atomic E-state index is 0.0592. The number of carbonyl (C=O) groups excluding carboxylic acids is 1. The molecule has 1 aromatic carbocycles. The zero-order valence-corrected chi connectivity index (χ0v) is 15.3. The highest BCUT2D eigenvalue weighted by Crippen LogP contribution is 2.14. The number of hydrogen-bond acceptors (Lipinski definition) is 3. The Kier molecular flexibility index (Phi) is 6.21. The monoisotopic (exact) mass is 328 g/mol. The molecule has 2 aromatic rings. The number of nitrogens with zero attached hydrogens (tertiary/aromatic N) is 1. The molecule has 0 aliphatic rings. The SMILES string of the molecule is CCN(Cc1ccc(C(=O)NCc2cc(C)oc2C)cc1)C(C)C. The molecule has 0 aliphatic carbocycles. The van der Waals surface area contributed by atoms with Gasteiger partial charge in [0.2, 0.25) is 0 Å². The second-order valence-corrected chi connectivity index (χ2v) is 6.47. The normalized spacial score (nSPS) is 11.3. The average Bonchev–Trinajstić information content (AvgIpc) is 2.88. The summed E-state index contributed by atoms with van der Waals surface area (Å²) in [4.78, 5) is 14.7. The summed E-state index contributed by atoms with van der Waals surface area (Å²) in [6.45, 7) is 12.8. The van der Waals surface area contributed by atoms with Crippen LogP contribution in [0, 0.1) is 13.8 Å². The van der Waals surface area contributed by atoms with Crippen molar-refractivity contribution in [3.05, 3.63) is 58.5 Å². The maximum absolute atomic E-state index is 12.3. The summed E-state index contributed by atoms with van der Waals surface area (Å²) in [5.74, 6) is 1.67. The summed E-state index contributed by atoms with van der Waals surface area (Å²) in [6, 6.07) is 10.3. The molecule has 0 atom stereocenters. The summed E-state index contributed by atoms with van der Waals surface area (Å²) in [5, 5.41) is 2.95. The molecule has 0 saturated carbocycles. The Labute approximate surface area is 144 Å². The number of nitrogens with one attached hydrogen (secondary N) is 1. The minimum Gasteiger partial charge on any atom is -0.466 e. The summed E-state index contributed by atoms with van der Waals surface area (Å²) >= 11 is 0. The number of furan rings is 1. The lowest BCUT2D eigenvalue weighted by Gasteiger charge is -2.24. The molecule has 130 valence electrons. The predicted octanol–water partition coefficient (Wildman–Crippen LogP) is 4.06. The molecular weight excluding hydrogens is 300 g/mol. The van der Waals surface area contributed by atoms with E-state index < -0.39 is 0 Å². The molecule has 0 saturated heterocycles. The van der Waals surface area contributed by atoms with Crippen LogP contribution in [0.3, 0.4) is 0 Å². The third-order valence-electron chi connectivity index (χ3n) is 4.32. The van der Waals surface area contributed by atoms with Crippen molar-refractivity contribution in [2.24, 2.45) is 0 Å². The van der Waals surface area contributed by atoms with Crippen LogP contribution in [0.25, 0.3) is 0 Å². The topological polar surface area (TPSA) is 45.5 Å². The first-order chi connectivity index (χ1) is 11.4. The minimum atomic E-state index is -0.0592. The van der Waals surface area contributed by atoms with Gasteiger partial charge in [0.15, 0.2) is 0 Å². The molecular formula is C20H28N2O2. The fraction of sp³-hybridized carbons (Fsp3) is 0.450. The van der Waals surface area contributed by atoms with E-state index in [-0.39, 0.29) is 5.91 Å². The second-order valence-electron chi connectivity index (χ2n) is 6.47. The van der Waals surface area contributed by atoms with Crippen molar-refractivity contribution < 1.29 is 9.21 Å². The van der Waals surface area contributed by atoms with Crippen LogP contribution in [0.15, 0.2) is 34.7 Å². The first kappa shape index (κ1) is 18.3. The van der Waals surface area contributed by atoms with E-state index in [1.54, 1.807) is 0 Å². The number of amides is 1. The van der Waals surface area contributed by atoms with E-state index in [4.69, 9.17) is 4.42 Å². The molecule has 24 heavy (non-hydrogen) atoms. The lowest BCUT2D eigenvalue weighted by atomic mass is 10.1. The van der Waals surface area contributed by atoms with Crippen molar-refractivity contribution in [1.29, 1.82) is 0 Å². The molecule has 0 bridgehead atoms. The zero-order chi connectivity index (χ0) is 17.7. The Balaban J connectivity index is 1.94. The highest BCUT2D eigenvalue weighted by Gasteiger charge is 2.10. The van der Waals surface area contributed by atoms with Crippen molar-refractivity contribution in [2.45, 2.75) is 53.8 Å². The van der Waals surface area contributed by atoms with E-state index in [9.17, 15) is 4.79 Å². The fourth-order valence-electron chi connectivity index (χ4n) is 2.79. The second kappa shape index (κ2) is 8.15. The van der Waals surface area contributed by atoms with Gasteiger partial charge in [-0.2, -0.15) is 0 Å². The van der Waals surface area contributed by atoms with E-state index in [0.717, 1.165) is 30.2 Å². The lowest BCUT2D eigenvalue weighted by molar-refractivity contribution is 0.0951. The zero-order valence-electron chi connectivity index (χ0n) is 15.3. The Morgan fingerprint density at radius 3 is 2.38 bits per heavy atom. The van der Waals surface area contributed by atoms with Crippen LogP contribution in [0.1, 0.15) is 53.8 Å². The van der Waals surface area contributed by atoms with Crippen molar-refractivity contribution >= 4 is 5.91 Å². The van der Waals surface area contributed by atoms with Gasteiger partial charge in [0.25, 0.3) is 5.91 Å². The molecule has 1 heterocycles. The van der Waals surface area contributed by atoms with Gasteiger partial charge in [0, 0.05) is 30.3 Å². The molecule has 0 aliphatic heterocycles. The first-order valence-corrected chi connectivity index (χ1v) is 8.57. The fourth-order valence-corrected chi connectivity index (χ4v) is 2.79. The van der Waals surface area contributed by atoms with Gasteiger partial charge in [-0.05, 0) is 58.0 Å². The van der Waals surface area contributed by atoms with Gasteiger partial charge >= 0.3 is 0 Å². The Morgan fingerprint density at radius 1 is 1.21 bits per heavy atom. The van der Waals surface area contributed by atoms with Crippen LogP contribution in [-0.4, -0.2) is 23.4 Å². The number of aryl methyl sites for hydroxylation is 2. The summed E-state index contributed by atoms with van der Waals surface area (Å²) in [6.07, 6.45) is 0. The van der Waals surface area contributed by atoms with Crippen molar-refractivity contribution in [3.8, 4) is 0 Å². The maximum Gasteiger partial charge on any atom is 0.251 e. The number of carbonyl (C=O) groups is 1. The molecule has 0 unspecified atom stereocenters. The third kappa shape index (κ3) is 4.71. The van der Waals surface area contributed by atoms with E-state index in [1.807, 2.05) is 44.2 Å². The molecule has 4 heteroatoms. The van der Waals surface area contributed by atoms with E-state index in [1.165, 1.54) is 5.56 Å². The van der Waals surface area contributed by atoms with Gasteiger partial charge in [0.1, 0.15) is 11.5 Å². The van der Waals surface area contributed by atoms with Crippen LogP contribution in [-0.2, 0) is 13.1 Å². The Morgan fingerprint density at radius 2 is 1.88 bits per heavy atom. The van der Waals surface area contributed by atoms with E-state index in [2.05, 4.69) is 31.0 Å². The predicted molar refractivity (Wildman–Crippen MR) is 97.0 cm³/mol. The molecule has 1 amide bonds. The largest absolute Gasteiger partial charge is 0.466 e. The van der Waals surface area contributed by atoms with Crippen LogP contribution < -0.4 is 5.32 Å². The molecule has 1 aromatic heterocycles. The quantitative estimate of drug-likeness (QED) is 0.834. The van der Waals surface area contributed by atoms with Crippen molar-refractivity contribution in [3.63, 3.8) is 0 Å². The van der Waals surface area contributed by atoms with Crippen LogP contribution in [0.4, 0.5) is 0 Å². The average molecular weight is 328 g/mol. The number of benzene rings is 1. The summed E-state index contributed by atoms with van der Waals surface area (Å²) < 4.78 is 5.48. The van der Waals surface area contributed by atoms with E-state index >= 15 is 0 Å². The summed E-state index contributed by atoms with van der Waals surface area (Å²) in [7, 11) is 0. The molecule has 0 radical (unpaired) electrons. The summed E-state index contributed by atoms with van der Waals surface area (Å²) in [5.41, 5.74) is 2.93. The highest BCUT2D eigenvalue weighted by atomic mass is 16.3. The number of rotatable bonds is 7. The molecule has 4 nitrogen and oxygen atoms in total. The Hall–Kier alpha value is -2.07. The van der Waals surface area contributed by atoms with Crippen LogP contribution in [0.2, 0.25) is 0 Å². The number of hydrogen-bond donors (Lipinski definition) is 1. The van der Waals surface area contributed by atoms with E-state index in [0.29, 0.717) is 18.2 Å². The van der Waals surface area contributed by atoms with Crippen LogP contribution in [0.5, 0.6) is 0 Å². The molecule has 1 N–H and O–H groups in total.